The Morgan fingerprint density at radius 3 is 2.61 bits per heavy atom. The van der Waals surface area contributed by atoms with Gasteiger partial charge in [-0.25, -0.2) is 0 Å². The van der Waals surface area contributed by atoms with Gasteiger partial charge in [-0.1, -0.05) is 12.8 Å². The van der Waals surface area contributed by atoms with Crippen molar-refractivity contribution in [1.82, 2.24) is 10.2 Å². The van der Waals surface area contributed by atoms with Crippen molar-refractivity contribution in [3.05, 3.63) is 23.8 Å². The van der Waals surface area contributed by atoms with E-state index in [4.69, 9.17) is 14.2 Å². The molecule has 2 heterocycles. The number of carbonyl (C=O) groups is 1. The molecule has 0 aromatic heterocycles. The van der Waals surface area contributed by atoms with Crippen LogP contribution in [-0.4, -0.2) is 62.4 Å². The minimum atomic E-state index is -0.118. The van der Waals surface area contributed by atoms with Gasteiger partial charge in [0.25, 0.3) is 5.91 Å². The monoisotopic (exact) mass is 388 g/mol. The summed E-state index contributed by atoms with van der Waals surface area (Å²) in [5, 5.41) is 3.06. The zero-order valence-corrected chi connectivity index (χ0v) is 16.8. The van der Waals surface area contributed by atoms with E-state index in [2.05, 4.69) is 10.2 Å². The van der Waals surface area contributed by atoms with Gasteiger partial charge in [0.2, 0.25) is 0 Å². The van der Waals surface area contributed by atoms with E-state index in [1.165, 1.54) is 25.7 Å². The largest absolute Gasteiger partial charge is 0.497 e. The van der Waals surface area contributed by atoms with Crippen LogP contribution in [0.3, 0.4) is 0 Å². The zero-order valence-electron chi connectivity index (χ0n) is 16.8. The Bertz CT molecular complexity index is 661. The maximum atomic E-state index is 12.8. The zero-order chi connectivity index (χ0) is 19.3. The summed E-state index contributed by atoms with van der Waals surface area (Å²) in [6.45, 7) is 3.45. The molecule has 1 saturated carbocycles. The molecule has 0 radical (unpaired) electrons. The number of benzene rings is 1. The van der Waals surface area contributed by atoms with Gasteiger partial charge in [-0.2, -0.15) is 0 Å². The molecule has 2 aliphatic heterocycles. The molecule has 1 aliphatic carbocycles. The summed E-state index contributed by atoms with van der Waals surface area (Å²) >= 11 is 0. The number of rotatable bonds is 6. The number of hydrogen-bond donors (Lipinski definition) is 1. The van der Waals surface area contributed by atoms with Crippen molar-refractivity contribution in [2.75, 3.05) is 33.4 Å². The molecule has 0 spiro atoms. The van der Waals surface area contributed by atoms with E-state index in [9.17, 15) is 4.79 Å². The maximum absolute atomic E-state index is 12.8. The highest BCUT2D eigenvalue weighted by atomic mass is 16.5. The van der Waals surface area contributed by atoms with Gasteiger partial charge in [0.15, 0.2) is 0 Å². The highest BCUT2D eigenvalue weighted by molar-refractivity contribution is 5.97. The molecule has 1 aromatic carbocycles. The molecule has 2 saturated heterocycles. The lowest BCUT2D eigenvalue weighted by atomic mass is 10.0. The quantitative estimate of drug-likeness (QED) is 0.812. The molecule has 28 heavy (non-hydrogen) atoms. The molecule has 4 rings (SSSR count). The first-order valence-electron chi connectivity index (χ1n) is 10.7. The van der Waals surface area contributed by atoms with E-state index in [1.54, 1.807) is 13.2 Å². The van der Waals surface area contributed by atoms with Crippen LogP contribution in [0.1, 0.15) is 55.3 Å². The second-order valence-electron chi connectivity index (χ2n) is 8.19. The van der Waals surface area contributed by atoms with Crippen LogP contribution in [0, 0.1) is 0 Å². The van der Waals surface area contributed by atoms with E-state index < -0.39 is 0 Å². The first-order valence-corrected chi connectivity index (χ1v) is 10.7. The number of hydrogen-bond acceptors (Lipinski definition) is 5. The Kier molecular flexibility index (Phi) is 6.37. The first-order chi connectivity index (χ1) is 13.7. The first kappa shape index (κ1) is 19.5. The summed E-state index contributed by atoms with van der Waals surface area (Å²) in [6.07, 6.45) is 8.48. The Hall–Kier alpha value is -1.79. The second kappa shape index (κ2) is 9.14. The van der Waals surface area contributed by atoms with Crippen molar-refractivity contribution in [2.24, 2.45) is 0 Å². The van der Waals surface area contributed by atoms with Gasteiger partial charge >= 0.3 is 0 Å². The van der Waals surface area contributed by atoms with Crippen LogP contribution in [0.15, 0.2) is 18.2 Å². The van der Waals surface area contributed by atoms with Crippen molar-refractivity contribution >= 4 is 5.91 Å². The molecular formula is C22H32N2O4. The van der Waals surface area contributed by atoms with Gasteiger partial charge in [0, 0.05) is 25.7 Å². The van der Waals surface area contributed by atoms with E-state index >= 15 is 0 Å². The molecule has 1 aromatic rings. The fourth-order valence-electron chi connectivity index (χ4n) is 4.64. The van der Waals surface area contributed by atoms with Gasteiger partial charge < -0.3 is 24.4 Å². The number of amides is 1. The normalized spacial score (nSPS) is 24.4. The lowest BCUT2D eigenvalue weighted by molar-refractivity contribution is 0.0747. The molecule has 1 unspecified atom stereocenters. The van der Waals surface area contributed by atoms with Crippen LogP contribution in [0.4, 0.5) is 0 Å². The topological polar surface area (TPSA) is 60.0 Å². The number of piperidine rings is 1. The summed E-state index contributed by atoms with van der Waals surface area (Å²) in [7, 11) is 1.61. The fraction of sp³-hybridized carbons (Fsp3) is 0.682. The van der Waals surface area contributed by atoms with E-state index in [0.29, 0.717) is 30.3 Å². The third-order valence-corrected chi connectivity index (χ3v) is 6.31. The van der Waals surface area contributed by atoms with Gasteiger partial charge in [-0.05, 0) is 50.3 Å². The summed E-state index contributed by atoms with van der Waals surface area (Å²) < 4.78 is 17.0. The van der Waals surface area contributed by atoms with Gasteiger partial charge in [-0.15, -0.1) is 0 Å². The van der Waals surface area contributed by atoms with Crippen LogP contribution in [0.2, 0.25) is 0 Å². The van der Waals surface area contributed by atoms with Crippen molar-refractivity contribution in [3.63, 3.8) is 0 Å². The van der Waals surface area contributed by atoms with Gasteiger partial charge in [-0.3, -0.25) is 4.79 Å². The van der Waals surface area contributed by atoms with Gasteiger partial charge in [0.1, 0.15) is 17.6 Å². The molecule has 154 valence electrons. The standard InChI is InChI=1S/C22H32N2O4/c1-26-19-6-7-21(20(14-19)22(25)23-16-10-13-27-15-16)28-18-8-11-24(12-9-18)17-4-2-3-5-17/h6-7,14,16-18H,2-5,8-13,15H2,1H3,(H,23,25). The molecule has 1 N–H and O–H groups in total. The second-order valence-corrected chi connectivity index (χ2v) is 8.19. The molecule has 3 aliphatic rings. The highest BCUT2D eigenvalue weighted by Gasteiger charge is 2.29. The maximum Gasteiger partial charge on any atom is 0.255 e. The van der Waals surface area contributed by atoms with Crippen molar-refractivity contribution < 1.29 is 19.0 Å². The van der Waals surface area contributed by atoms with Crippen LogP contribution in [-0.2, 0) is 4.74 Å². The summed E-state index contributed by atoms with van der Waals surface area (Å²) in [4.78, 5) is 15.5. The smallest absolute Gasteiger partial charge is 0.255 e. The number of nitrogens with zero attached hydrogens (tertiary/aromatic N) is 1. The summed E-state index contributed by atoms with van der Waals surface area (Å²) in [5.74, 6) is 1.19. The molecule has 1 amide bonds. The number of ether oxygens (including phenoxy) is 3. The molecule has 3 fully saturated rings. The third kappa shape index (κ3) is 4.61. The minimum Gasteiger partial charge on any atom is -0.497 e. The van der Waals surface area contributed by atoms with Crippen molar-refractivity contribution in [3.8, 4) is 11.5 Å². The highest BCUT2D eigenvalue weighted by Crippen LogP contribution is 2.30. The Labute approximate surface area is 167 Å². The molecule has 6 heteroatoms. The van der Waals surface area contributed by atoms with Crippen LogP contribution < -0.4 is 14.8 Å². The molecule has 0 bridgehead atoms. The lowest BCUT2D eigenvalue weighted by Gasteiger charge is -2.36. The fourth-order valence-corrected chi connectivity index (χ4v) is 4.64. The summed E-state index contributed by atoms with van der Waals surface area (Å²) in [5.41, 5.74) is 0.546. The lowest BCUT2D eigenvalue weighted by Crippen LogP contribution is -2.43. The van der Waals surface area contributed by atoms with Crippen LogP contribution in [0.5, 0.6) is 11.5 Å². The number of carbonyl (C=O) groups excluding carboxylic acids is 1. The van der Waals surface area contributed by atoms with Crippen LogP contribution >= 0.6 is 0 Å². The average molecular weight is 389 g/mol. The Balaban J connectivity index is 1.40. The van der Waals surface area contributed by atoms with E-state index in [-0.39, 0.29) is 18.1 Å². The Morgan fingerprint density at radius 1 is 1.14 bits per heavy atom. The predicted molar refractivity (Wildman–Crippen MR) is 107 cm³/mol. The SMILES string of the molecule is COc1ccc(OC2CCN(C3CCCC3)CC2)c(C(=O)NC2CCOC2)c1. The van der Waals surface area contributed by atoms with Crippen molar-refractivity contribution in [1.29, 1.82) is 0 Å². The number of likely N-dealkylation sites (tertiary alicyclic amines) is 1. The number of methoxy groups -OCH3 is 1. The minimum absolute atomic E-state index is 0.0706. The van der Waals surface area contributed by atoms with E-state index in [0.717, 1.165) is 38.4 Å². The molecule has 6 nitrogen and oxygen atoms in total. The van der Waals surface area contributed by atoms with Gasteiger partial charge in [0.05, 0.1) is 25.3 Å². The van der Waals surface area contributed by atoms with E-state index in [1.807, 2.05) is 12.1 Å². The average Bonchev–Trinajstić information content (AvgIpc) is 3.43. The molecule has 1 atom stereocenters. The number of nitrogens with one attached hydrogen (secondary N) is 1. The van der Waals surface area contributed by atoms with Crippen molar-refractivity contribution in [2.45, 2.75) is 63.1 Å². The Morgan fingerprint density at radius 2 is 1.93 bits per heavy atom. The third-order valence-electron chi connectivity index (χ3n) is 6.31. The summed E-state index contributed by atoms with van der Waals surface area (Å²) in [6, 6.07) is 6.34. The molecular weight excluding hydrogens is 356 g/mol. The predicted octanol–water partition coefficient (Wildman–Crippen LogP) is 3.00. The van der Waals surface area contributed by atoms with Crippen LogP contribution in [0.25, 0.3) is 0 Å².